The van der Waals surface area contributed by atoms with Crippen molar-refractivity contribution >= 4 is 38.7 Å². The summed E-state index contributed by atoms with van der Waals surface area (Å²) in [5, 5.41) is 3.40. The Hall–Kier alpha value is -1.77. The molecule has 1 saturated heterocycles. The van der Waals surface area contributed by atoms with Gasteiger partial charge in [0.2, 0.25) is 5.91 Å². The molecule has 2 unspecified atom stereocenters. The number of imidazole rings is 1. The van der Waals surface area contributed by atoms with Crippen molar-refractivity contribution in [1.82, 2.24) is 20.2 Å². The molecule has 220 valence electrons. The molecular formula is C32H48N4O2S2. The Kier molecular flexibility index (Phi) is 10.2. The normalized spacial score (nSPS) is 24.6. The first kappa shape index (κ1) is 31.2. The van der Waals surface area contributed by atoms with Crippen molar-refractivity contribution in [3.05, 3.63) is 41.3 Å². The number of fused-ring (bicyclic) bond motifs is 5. The van der Waals surface area contributed by atoms with Crippen molar-refractivity contribution in [2.45, 2.75) is 102 Å². The molecule has 4 atom stereocenters. The molecule has 1 spiro atoms. The summed E-state index contributed by atoms with van der Waals surface area (Å²) in [5.41, 5.74) is 5.56. The van der Waals surface area contributed by atoms with Gasteiger partial charge in [-0.25, -0.2) is 4.98 Å². The van der Waals surface area contributed by atoms with Gasteiger partial charge in [-0.1, -0.05) is 31.9 Å². The molecule has 2 saturated carbocycles. The van der Waals surface area contributed by atoms with Gasteiger partial charge in [0.05, 0.1) is 17.9 Å². The summed E-state index contributed by atoms with van der Waals surface area (Å²) in [4.78, 5) is 35.9. The van der Waals surface area contributed by atoms with E-state index < -0.39 is 0 Å². The van der Waals surface area contributed by atoms with E-state index in [-0.39, 0.29) is 50.3 Å². The molecular weight excluding hydrogens is 537 g/mol. The molecule has 2 N–H and O–H groups in total. The van der Waals surface area contributed by atoms with E-state index in [4.69, 9.17) is 4.98 Å². The van der Waals surface area contributed by atoms with E-state index in [1.807, 2.05) is 13.1 Å². The average molecular weight is 585 g/mol. The lowest BCUT2D eigenvalue weighted by Gasteiger charge is -2.30. The van der Waals surface area contributed by atoms with Crippen LogP contribution in [0.4, 0.5) is 0 Å². The van der Waals surface area contributed by atoms with E-state index in [1.165, 1.54) is 24.8 Å². The molecule has 3 aliphatic carbocycles. The first-order chi connectivity index (χ1) is 18.5. The number of unbranched alkanes of at least 4 members (excludes halogenated alkanes) is 2. The van der Waals surface area contributed by atoms with Crippen LogP contribution in [0.5, 0.6) is 0 Å². The van der Waals surface area contributed by atoms with Crippen LogP contribution in [0.15, 0.2) is 24.4 Å². The van der Waals surface area contributed by atoms with Gasteiger partial charge in [-0.2, -0.15) is 27.0 Å². The molecule has 4 aliphatic rings. The molecule has 6 nitrogen and oxygen atoms in total. The van der Waals surface area contributed by atoms with E-state index in [0.717, 1.165) is 81.4 Å². The number of Topliss-reactive ketones (excluding diaryl/α,β-unsaturated/α-hetero) is 1. The minimum atomic E-state index is -0.118. The molecule has 1 aromatic heterocycles. The molecule has 1 aliphatic heterocycles. The maximum absolute atomic E-state index is 13.4. The monoisotopic (exact) mass is 584 g/mol. The quantitative estimate of drug-likeness (QED) is 0.296. The highest BCUT2D eigenvalue weighted by Gasteiger charge is 2.58. The minimum absolute atomic E-state index is 0. The number of amides is 1. The topological polar surface area (TPSA) is 78.1 Å². The van der Waals surface area contributed by atoms with E-state index in [0.29, 0.717) is 18.6 Å². The standard InChI is InChI=1S/C32H44N4O2.2H2S/c1-3-24(37)7-5-4-6-8-28(35-31(38)27-19-32(27)13-15-36(2)16-14-32)30-33-20-29(34-30)23-11-12-25-21-9-10-22(17-21)26(25)18-23;;/h11-12,18,20-22,27-28H,3-10,13-17,19H2,1-2H3,(H,33,34)(H,35,38);2*1H2/t21?,22?,27-,28+;;/m1../s1. The Bertz CT molecular complexity index is 1190. The largest absolute Gasteiger partial charge is 0.346 e. The van der Waals surface area contributed by atoms with Gasteiger partial charge in [0, 0.05) is 18.8 Å². The van der Waals surface area contributed by atoms with Crippen molar-refractivity contribution < 1.29 is 9.59 Å². The molecule has 40 heavy (non-hydrogen) atoms. The number of nitrogens with one attached hydrogen (secondary N) is 2. The third-order valence-electron chi connectivity index (χ3n) is 10.3. The molecule has 8 heteroatoms. The van der Waals surface area contributed by atoms with Gasteiger partial charge in [0.1, 0.15) is 11.6 Å². The fourth-order valence-electron chi connectivity index (χ4n) is 7.58. The maximum atomic E-state index is 13.4. The Morgan fingerprint density at radius 3 is 2.60 bits per heavy atom. The summed E-state index contributed by atoms with van der Waals surface area (Å²) in [6.07, 6.45) is 14.2. The first-order valence-electron chi connectivity index (χ1n) is 15.2. The number of aromatic amines is 1. The van der Waals surface area contributed by atoms with E-state index in [9.17, 15) is 9.59 Å². The Labute approximate surface area is 253 Å². The van der Waals surface area contributed by atoms with E-state index in [1.54, 1.807) is 11.1 Å². The molecule has 3 fully saturated rings. The lowest BCUT2D eigenvalue weighted by atomic mass is 9.90. The highest BCUT2D eigenvalue weighted by Crippen LogP contribution is 2.59. The number of carbonyl (C=O) groups is 2. The third kappa shape index (κ3) is 6.34. The molecule has 1 amide bonds. The number of likely N-dealkylation sites (tertiary alicyclic amines) is 1. The number of hydrogen-bond acceptors (Lipinski definition) is 4. The molecule has 6 rings (SSSR count). The van der Waals surface area contributed by atoms with Crippen LogP contribution >= 0.6 is 27.0 Å². The fraction of sp³-hybridized carbons (Fsp3) is 0.656. The van der Waals surface area contributed by atoms with Crippen molar-refractivity contribution in [1.29, 1.82) is 0 Å². The second kappa shape index (κ2) is 13.0. The van der Waals surface area contributed by atoms with Crippen LogP contribution in [-0.4, -0.2) is 46.7 Å². The number of ketones is 1. The van der Waals surface area contributed by atoms with Crippen LogP contribution in [0.3, 0.4) is 0 Å². The fourth-order valence-corrected chi connectivity index (χ4v) is 7.58. The molecule has 0 radical (unpaired) electrons. The molecule has 2 bridgehead atoms. The van der Waals surface area contributed by atoms with Crippen molar-refractivity contribution in [3.8, 4) is 11.3 Å². The predicted octanol–water partition coefficient (Wildman–Crippen LogP) is 6.49. The van der Waals surface area contributed by atoms with Crippen LogP contribution in [0, 0.1) is 11.3 Å². The van der Waals surface area contributed by atoms with Gasteiger partial charge in [-0.05, 0) is 112 Å². The second-order valence-electron chi connectivity index (χ2n) is 12.7. The number of piperidine rings is 1. The van der Waals surface area contributed by atoms with Crippen molar-refractivity contribution in [3.63, 3.8) is 0 Å². The zero-order valence-electron chi connectivity index (χ0n) is 24.2. The van der Waals surface area contributed by atoms with Gasteiger partial charge >= 0.3 is 0 Å². The minimum Gasteiger partial charge on any atom is -0.346 e. The summed E-state index contributed by atoms with van der Waals surface area (Å²) in [6.45, 7) is 4.12. The van der Waals surface area contributed by atoms with Gasteiger partial charge in [-0.3, -0.25) is 9.59 Å². The van der Waals surface area contributed by atoms with Crippen LogP contribution in [0.2, 0.25) is 0 Å². The van der Waals surface area contributed by atoms with Crippen molar-refractivity contribution in [2.24, 2.45) is 11.3 Å². The summed E-state index contributed by atoms with van der Waals surface area (Å²) in [7, 11) is 2.18. The average Bonchev–Trinajstić information content (AvgIpc) is 3.33. The van der Waals surface area contributed by atoms with Crippen LogP contribution in [0.25, 0.3) is 11.3 Å². The lowest BCUT2D eigenvalue weighted by Crippen LogP contribution is -2.36. The summed E-state index contributed by atoms with van der Waals surface area (Å²) in [6, 6.07) is 6.83. The maximum Gasteiger partial charge on any atom is 0.224 e. The number of rotatable bonds is 11. The molecule has 2 heterocycles. The number of H-pyrrole nitrogens is 1. The molecule has 1 aromatic carbocycles. The summed E-state index contributed by atoms with van der Waals surface area (Å²) < 4.78 is 0. The van der Waals surface area contributed by atoms with E-state index in [2.05, 4.69) is 40.4 Å². The Morgan fingerprint density at radius 1 is 1.10 bits per heavy atom. The highest BCUT2D eigenvalue weighted by atomic mass is 32.1. The highest BCUT2D eigenvalue weighted by molar-refractivity contribution is 7.59. The third-order valence-corrected chi connectivity index (χ3v) is 10.3. The van der Waals surface area contributed by atoms with Crippen molar-refractivity contribution in [2.75, 3.05) is 20.1 Å². The summed E-state index contributed by atoms with van der Waals surface area (Å²) >= 11 is 0. The Balaban J connectivity index is 0.00000185. The molecule has 2 aromatic rings. The van der Waals surface area contributed by atoms with Gasteiger partial charge in [-0.15, -0.1) is 0 Å². The number of carbonyl (C=O) groups excluding carboxylic acids is 2. The lowest BCUT2D eigenvalue weighted by molar-refractivity contribution is -0.124. The number of nitrogens with zero attached hydrogens (tertiary/aromatic N) is 2. The van der Waals surface area contributed by atoms with Gasteiger partial charge < -0.3 is 15.2 Å². The second-order valence-corrected chi connectivity index (χ2v) is 12.7. The zero-order valence-corrected chi connectivity index (χ0v) is 26.2. The van der Waals surface area contributed by atoms with Gasteiger partial charge in [0.25, 0.3) is 0 Å². The SMILES string of the molecule is CCC(=O)CCCCC[C@H](NC(=O)[C@H]1CC12CCN(C)CC2)c1ncc(-c2ccc3c(c2)C2CCC3C2)[nH]1.S.S. The number of hydrogen-bond donors (Lipinski definition) is 2. The summed E-state index contributed by atoms with van der Waals surface area (Å²) in [5.74, 6) is 3.04. The number of aromatic nitrogens is 2. The predicted molar refractivity (Wildman–Crippen MR) is 171 cm³/mol. The van der Waals surface area contributed by atoms with Crippen LogP contribution in [0.1, 0.15) is 119 Å². The number of benzene rings is 1. The van der Waals surface area contributed by atoms with Crippen LogP contribution < -0.4 is 5.32 Å². The van der Waals surface area contributed by atoms with Gasteiger partial charge in [0.15, 0.2) is 0 Å². The Morgan fingerprint density at radius 2 is 1.85 bits per heavy atom. The first-order valence-corrected chi connectivity index (χ1v) is 15.2. The van der Waals surface area contributed by atoms with E-state index >= 15 is 0 Å². The zero-order chi connectivity index (χ0) is 26.3. The smallest absolute Gasteiger partial charge is 0.224 e. The van der Waals surface area contributed by atoms with Crippen LogP contribution in [-0.2, 0) is 9.59 Å².